The van der Waals surface area contributed by atoms with Crippen molar-refractivity contribution in [3.8, 4) is 0 Å². The van der Waals surface area contributed by atoms with Crippen LogP contribution in [0.1, 0.15) is 35.9 Å². The minimum atomic E-state index is -0.113. The minimum absolute atomic E-state index is 0. The van der Waals surface area contributed by atoms with E-state index in [0.717, 1.165) is 56.7 Å². The Balaban J connectivity index is 0.00000324. The number of rotatable bonds is 10. The topological polar surface area (TPSA) is 116 Å². The fourth-order valence-corrected chi connectivity index (χ4v) is 5.18. The zero-order chi connectivity index (χ0) is 24.5. The van der Waals surface area contributed by atoms with Crippen LogP contribution in [0.4, 0.5) is 10.8 Å². The van der Waals surface area contributed by atoms with Crippen molar-refractivity contribution in [1.82, 2.24) is 14.8 Å². The number of thiazole rings is 1. The summed E-state index contributed by atoms with van der Waals surface area (Å²) in [7, 11) is 3.64. The van der Waals surface area contributed by atoms with Crippen molar-refractivity contribution >= 4 is 65.0 Å². The number of benzene rings is 1. The summed E-state index contributed by atoms with van der Waals surface area (Å²) in [4.78, 5) is 33.8. The number of anilines is 2. The number of aromatic nitrogens is 1. The number of aryl methyl sites for hydroxylation is 2. The highest BCUT2D eigenvalue weighted by Crippen LogP contribution is 2.28. The molecule has 0 aliphatic carbocycles. The summed E-state index contributed by atoms with van der Waals surface area (Å²) in [5.41, 5.74) is 3.27. The first-order valence-corrected chi connectivity index (χ1v) is 12.4. The summed E-state index contributed by atoms with van der Waals surface area (Å²) in [6.07, 6.45) is 5.03. The summed E-state index contributed by atoms with van der Waals surface area (Å²) in [5.74, 6) is 5.34. The predicted molar refractivity (Wildman–Crippen MR) is 153 cm³/mol. The fraction of sp³-hybridized carbons (Fsp3) is 0.500. The van der Waals surface area contributed by atoms with E-state index in [1.165, 1.54) is 17.4 Å². The standard InChI is InChI=1S/C24H35N7O2S.2ClH/c1-17(32)28-24-29-21(9-6-18-4-7-20(8-5-18)26-12-13-27-25)22(34-24)16-31-14-10-19(11-15-31)23(33)30(2)3;;/h4-5,7-8,13,19,26H,6,9-12,14-16,25H2,1-3H3,(H,28,29,32);2*1H. The summed E-state index contributed by atoms with van der Waals surface area (Å²) < 4.78 is 0. The quantitative estimate of drug-likeness (QED) is 0.234. The molecular formula is C24H37Cl2N7O2S. The van der Waals surface area contributed by atoms with Crippen molar-refractivity contribution in [2.45, 2.75) is 39.2 Å². The number of nitrogens with one attached hydrogen (secondary N) is 2. The molecule has 1 aliphatic heterocycles. The van der Waals surface area contributed by atoms with Crippen LogP contribution in [0, 0.1) is 5.92 Å². The van der Waals surface area contributed by atoms with Crippen molar-refractivity contribution in [2.75, 3.05) is 44.4 Å². The van der Waals surface area contributed by atoms with Crippen molar-refractivity contribution in [2.24, 2.45) is 16.9 Å². The van der Waals surface area contributed by atoms with E-state index in [4.69, 9.17) is 10.8 Å². The van der Waals surface area contributed by atoms with Crippen LogP contribution >= 0.6 is 36.2 Å². The molecule has 9 nitrogen and oxygen atoms in total. The van der Waals surface area contributed by atoms with Crippen LogP contribution in [-0.2, 0) is 29.0 Å². The number of hydrogen-bond donors (Lipinski definition) is 3. The molecule has 2 aromatic rings. The van der Waals surface area contributed by atoms with Crippen molar-refractivity contribution in [3.63, 3.8) is 0 Å². The Labute approximate surface area is 229 Å². The largest absolute Gasteiger partial charge is 0.380 e. The molecule has 3 rings (SSSR count). The van der Waals surface area contributed by atoms with Crippen LogP contribution in [0.25, 0.3) is 0 Å². The van der Waals surface area contributed by atoms with Gasteiger partial charge in [0, 0.05) is 50.3 Å². The monoisotopic (exact) mass is 557 g/mol. The Morgan fingerprint density at radius 3 is 2.44 bits per heavy atom. The van der Waals surface area contributed by atoms with Crippen LogP contribution in [0.2, 0.25) is 0 Å². The molecule has 0 bridgehead atoms. The summed E-state index contributed by atoms with van der Waals surface area (Å²) >= 11 is 1.55. The highest BCUT2D eigenvalue weighted by atomic mass is 35.5. The predicted octanol–water partition coefficient (Wildman–Crippen LogP) is 3.39. The lowest BCUT2D eigenvalue weighted by Crippen LogP contribution is -2.39. The maximum Gasteiger partial charge on any atom is 0.225 e. The number of carbonyl (C=O) groups is 2. The highest BCUT2D eigenvalue weighted by Gasteiger charge is 2.27. The lowest BCUT2D eigenvalue weighted by Gasteiger charge is -2.32. The molecule has 1 aromatic carbocycles. The van der Waals surface area contributed by atoms with E-state index in [1.807, 2.05) is 26.2 Å². The molecule has 0 spiro atoms. The van der Waals surface area contributed by atoms with Crippen molar-refractivity contribution in [3.05, 3.63) is 40.4 Å². The van der Waals surface area contributed by atoms with Crippen LogP contribution < -0.4 is 16.5 Å². The van der Waals surface area contributed by atoms with Gasteiger partial charge in [0.1, 0.15) is 0 Å². The number of piperidine rings is 1. The second-order valence-corrected chi connectivity index (χ2v) is 9.85. The SMILES string of the molecule is CC(=O)Nc1nc(CCc2ccc(NCC=NN)cc2)c(CN2CCC(C(=O)N(C)C)CC2)s1.Cl.Cl. The molecule has 1 fully saturated rings. The molecule has 200 valence electrons. The van der Waals surface area contributed by atoms with Crippen LogP contribution in [0.3, 0.4) is 0 Å². The Bertz CT molecular complexity index is 991. The third kappa shape index (κ3) is 9.57. The molecule has 0 radical (unpaired) electrons. The number of hydrazone groups is 1. The number of hydrogen-bond acceptors (Lipinski definition) is 8. The van der Waals surface area contributed by atoms with Gasteiger partial charge in [0.05, 0.1) is 12.2 Å². The first-order valence-electron chi connectivity index (χ1n) is 11.6. The average molecular weight is 559 g/mol. The summed E-state index contributed by atoms with van der Waals surface area (Å²) in [5, 5.41) is 10.2. The number of carbonyl (C=O) groups excluding carboxylic acids is 2. The molecule has 4 N–H and O–H groups in total. The summed E-state index contributed by atoms with van der Waals surface area (Å²) in [6.45, 7) is 4.66. The van der Waals surface area contributed by atoms with Gasteiger partial charge in [-0.25, -0.2) is 4.98 Å². The molecule has 0 saturated carbocycles. The van der Waals surface area contributed by atoms with Gasteiger partial charge in [0.25, 0.3) is 0 Å². The number of nitrogens with two attached hydrogens (primary N) is 1. The normalized spacial score (nSPS) is 14.1. The Hall–Kier alpha value is -2.40. The Kier molecular flexibility index (Phi) is 13.8. The first kappa shape index (κ1) is 31.6. The van der Waals surface area contributed by atoms with Crippen molar-refractivity contribution < 1.29 is 9.59 Å². The zero-order valence-corrected chi connectivity index (χ0v) is 23.5. The van der Waals surface area contributed by atoms with E-state index in [1.54, 1.807) is 22.5 Å². The molecule has 36 heavy (non-hydrogen) atoms. The second-order valence-electron chi connectivity index (χ2n) is 8.76. The van der Waals surface area contributed by atoms with Crippen molar-refractivity contribution in [1.29, 1.82) is 0 Å². The van der Waals surface area contributed by atoms with Gasteiger partial charge < -0.3 is 21.4 Å². The molecule has 12 heteroatoms. The van der Waals surface area contributed by atoms with E-state index in [-0.39, 0.29) is 42.5 Å². The molecule has 1 aliphatic rings. The van der Waals surface area contributed by atoms with E-state index in [9.17, 15) is 9.59 Å². The van der Waals surface area contributed by atoms with E-state index in [2.05, 4.69) is 32.8 Å². The lowest BCUT2D eigenvalue weighted by atomic mass is 9.95. The van der Waals surface area contributed by atoms with Crippen LogP contribution in [0.15, 0.2) is 29.4 Å². The zero-order valence-electron chi connectivity index (χ0n) is 21.0. The molecule has 2 heterocycles. The lowest BCUT2D eigenvalue weighted by molar-refractivity contribution is -0.134. The smallest absolute Gasteiger partial charge is 0.225 e. The molecule has 1 aromatic heterocycles. The van der Waals surface area contributed by atoms with E-state index in [0.29, 0.717) is 11.7 Å². The molecular weight excluding hydrogens is 521 g/mol. The van der Waals surface area contributed by atoms with Gasteiger partial charge in [-0.15, -0.1) is 36.2 Å². The number of nitrogens with zero attached hydrogens (tertiary/aromatic N) is 4. The van der Waals surface area contributed by atoms with Gasteiger partial charge in [-0.2, -0.15) is 5.10 Å². The fourth-order valence-electron chi connectivity index (χ4n) is 4.08. The third-order valence-corrected chi connectivity index (χ3v) is 6.91. The second kappa shape index (κ2) is 15.7. The van der Waals surface area contributed by atoms with Crippen LogP contribution in [-0.4, -0.2) is 66.5 Å². The maximum absolute atomic E-state index is 12.3. The van der Waals surface area contributed by atoms with Gasteiger partial charge in [-0.1, -0.05) is 12.1 Å². The van der Waals surface area contributed by atoms with E-state index < -0.39 is 0 Å². The maximum atomic E-state index is 12.3. The Morgan fingerprint density at radius 1 is 1.19 bits per heavy atom. The highest BCUT2D eigenvalue weighted by molar-refractivity contribution is 7.15. The van der Waals surface area contributed by atoms with Gasteiger partial charge in [0.2, 0.25) is 11.8 Å². The average Bonchev–Trinajstić information content (AvgIpc) is 3.18. The van der Waals surface area contributed by atoms with Crippen LogP contribution in [0.5, 0.6) is 0 Å². The van der Waals surface area contributed by atoms with Gasteiger partial charge >= 0.3 is 0 Å². The van der Waals surface area contributed by atoms with Gasteiger partial charge in [0.15, 0.2) is 5.13 Å². The van der Waals surface area contributed by atoms with E-state index >= 15 is 0 Å². The Morgan fingerprint density at radius 2 is 1.86 bits per heavy atom. The van der Waals surface area contributed by atoms with Gasteiger partial charge in [-0.3, -0.25) is 14.5 Å². The number of amides is 2. The molecule has 0 unspecified atom stereocenters. The summed E-state index contributed by atoms with van der Waals surface area (Å²) in [6, 6.07) is 8.30. The van der Waals surface area contributed by atoms with Gasteiger partial charge in [-0.05, 0) is 56.5 Å². The molecule has 2 amide bonds. The number of likely N-dealkylation sites (tertiary alicyclic amines) is 1. The first-order chi connectivity index (χ1) is 16.4. The minimum Gasteiger partial charge on any atom is -0.380 e. The molecule has 0 atom stereocenters. The molecule has 1 saturated heterocycles. The number of halogens is 2. The third-order valence-electron chi connectivity index (χ3n) is 5.91.